The summed E-state index contributed by atoms with van der Waals surface area (Å²) < 4.78 is 12.4. The first-order valence-electron chi connectivity index (χ1n) is 8.01. The van der Waals surface area contributed by atoms with Crippen LogP contribution in [0.3, 0.4) is 0 Å². The zero-order valence-electron chi connectivity index (χ0n) is 13.5. The van der Waals surface area contributed by atoms with Gasteiger partial charge in [-0.2, -0.15) is 12.6 Å². The average Bonchev–Trinajstić information content (AvgIpc) is 2.67. The molecular weight excluding hydrogens is 269 g/mol. The minimum absolute atomic E-state index is 0.0459. The Bertz CT molecular complexity index is 342. The Morgan fingerprint density at radius 3 is 2.50 bits per heavy atom. The molecule has 2 rings (SSSR count). The highest BCUT2D eigenvalue weighted by atomic mass is 32.1. The van der Waals surface area contributed by atoms with Gasteiger partial charge in [0, 0.05) is 11.2 Å². The first kappa shape index (κ1) is 16.7. The minimum atomic E-state index is -0.284. The SMILES string of the molecule is CC(C)C[C@H](N)B1O[C@@H]2C[C@@H](C(C)C)C[C@@H](S)[C@]2(C)O1. The molecule has 1 saturated heterocycles. The van der Waals surface area contributed by atoms with Gasteiger partial charge in [0.15, 0.2) is 0 Å². The van der Waals surface area contributed by atoms with Gasteiger partial charge in [-0.3, -0.25) is 0 Å². The third kappa shape index (κ3) is 3.21. The van der Waals surface area contributed by atoms with Crippen molar-refractivity contribution >= 4 is 19.7 Å². The van der Waals surface area contributed by atoms with Gasteiger partial charge in [-0.25, -0.2) is 0 Å². The van der Waals surface area contributed by atoms with E-state index in [9.17, 15) is 0 Å². The Balaban J connectivity index is 2.06. The van der Waals surface area contributed by atoms with E-state index in [2.05, 4.69) is 34.6 Å². The van der Waals surface area contributed by atoms with E-state index in [-0.39, 0.29) is 30.0 Å². The summed E-state index contributed by atoms with van der Waals surface area (Å²) >= 11 is 4.81. The Kier molecular flexibility index (Phi) is 5.16. The maximum absolute atomic E-state index is 6.26. The maximum atomic E-state index is 6.26. The Hall–Kier alpha value is 0.295. The third-order valence-corrected chi connectivity index (χ3v) is 5.77. The number of nitrogens with two attached hydrogens (primary N) is 1. The highest BCUT2D eigenvalue weighted by molar-refractivity contribution is 7.81. The monoisotopic (exact) mass is 299 g/mol. The molecule has 1 saturated carbocycles. The van der Waals surface area contributed by atoms with Crippen LogP contribution in [-0.4, -0.2) is 30.0 Å². The molecule has 0 spiro atoms. The second-order valence-electron chi connectivity index (χ2n) is 7.58. The number of hydrogen-bond acceptors (Lipinski definition) is 4. The summed E-state index contributed by atoms with van der Waals surface area (Å²) in [6.45, 7) is 11.1. The Labute approximate surface area is 129 Å². The number of hydrogen-bond donors (Lipinski definition) is 2. The molecule has 0 bridgehead atoms. The molecular formula is C15H30BNO2S. The molecule has 0 unspecified atom stereocenters. The molecule has 1 aliphatic carbocycles. The van der Waals surface area contributed by atoms with Gasteiger partial charge in [0.1, 0.15) is 0 Å². The molecule has 2 N–H and O–H groups in total. The highest BCUT2D eigenvalue weighted by Crippen LogP contribution is 2.46. The van der Waals surface area contributed by atoms with Crippen LogP contribution in [0.25, 0.3) is 0 Å². The smallest absolute Gasteiger partial charge is 0.404 e. The fourth-order valence-corrected chi connectivity index (χ4v) is 4.01. The van der Waals surface area contributed by atoms with Gasteiger partial charge in [-0.15, -0.1) is 0 Å². The van der Waals surface area contributed by atoms with Crippen LogP contribution in [0.15, 0.2) is 0 Å². The molecule has 1 aliphatic heterocycles. The molecule has 0 aromatic heterocycles. The summed E-state index contributed by atoms with van der Waals surface area (Å²) in [5.41, 5.74) is 5.97. The van der Waals surface area contributed by atoms with Crippen molar-refractivity contribution in [2.75, 3.05) is 0 Å². The van der Waals surface area contributed by atoms with Crippen LogP contribution in [0.5, 0.6) is 0 Å². The molecule has 5 heteroatoms. The second-order valence-corrected chi connectivity index (χ2v) is 8.20. The van der Waals surface area contributed by atoms with Gasteiger partial charge in [0.05, 0.1) is 11.7 Å². The third-order valence-electron chi connectivity index (χ3n) is 5.05. The number of rotatable bonds is 4. The van der Waals surface area contributed by atoms with E-state index < -0.39 is 0 Å². The predicted octanol–water partition coefficient (Wildman–Crippen LogP) is 2.93. The van der Waals surface area contributed by atoms with Crippen LogP contribution < -0.4 is 5.73 Å². The van der Waals surface area contributed by atoms with E-state index in [4.69, 9.17) is 27.7 Å². The van der Waals surface area contributed by atoms with Crippen LogP contribution >= 0.6 is 12.6 Å². The van der Waals surface area contributed by atoms with Gasteiger partial charge in [-0.05, 0) is 43.9 Å². The van der Waals surface area contributed by atoms with Crippen molar-refractivity contribution in [1.82, 2.24) is 0 Å². The second kappa shape index (κ2) is 6.19. The van der Waals surface area contributed by atoms with E-state index in [0.29, 0.717) is 17.8 Å². The largest absolute Gasteiger partial charge is 0.475 e. The van der Waals surface area contributed by atoms with Crippen molar-refractivity contribution in [3.05, 3.63) is 0 Å². The van der Waals surface area contributed by atoms with Crippen LogP contribution in [-0.2, 0) is 9.31 Å². The molecule has 2 aliphatic rings. The van der Waals surface area contributed by atoms with Crippen LogP contribution in [0.1, 0.15) is 53.9 Å². The van der Waals surface area contributed by atoms with Crippen LogP contribution in [0.4, 0.5) is 0 Å². The Morgan fingerprint density at radius 1 is 1.30 bits per heavy atom. The predicted molar refractivity (Wildman–Crippen MR) is 87.9 cm³/mol. The summed E-state index contributed by atoms with van der Waals surface area (Å²) in [4.78, 5) is 0. The average molecular weight is 299 g/mol. The summed E-state index contributed by atoms with van der Waals surface area (Å²) in [6, 6.07) is 0. The summed E-state index contributed by atoms with van der Waals surface area (Å²) in [5, 5.41) is 0.227. The number of thiol groups is 1. The van der Waals surface area contributed by atoms with E-state index in [1.165, 1.54) is 0 Å². The molecule has 20 heavy (non-hydrogen) atoms. The molecule has 3 nitrogen and oxygen atoms in total. The molecule has 5 atom stereocenters. The summed E-state index contributed by atoms with van der Waals surface area (Å²) in [7, 11) is -0.270. The lowest BCUT2D eigenvalue weighted by Gasteiger charge is -2.44. The molecule has 0 radical (unpaired) electrons. The standard InChI is InChI=1S/C15H30BNO2S/c1-9(2)6-14(17)16-18-12-7-11(10(3)4)8-13(20)15(12,5)19-16/h9-14,20H,6-8,17H2,1-5H3/t11-,12-,13-,14+,15-/m1/s1. The molecule has 1 heterocycles. The van der Waals surface area contributed by atoms with E-state index in [1.807, 2.05) is 0 Å². The van der Waals surface area contributed by atoms with Gasteiger partial charge < -0.3 is 15.0 Å². The molecule has 116 valence electrons. The van der Waals surface area contributed by atoms with Crippen LogP contribution in [0, 0.1) is 17.8 Å². The lowest BCUT2D eigenvalue weighted by atomic mass is 9.73. The molecule has 0 amide bonds. The molecule has 2 fully saturated rings. The quantitative estimate of drug-likeness (QED) is 0.620. The maximum Gasteiger partial charge on any atom is 0.475 e. The van der Waals surface area contributed by atoms with Crippen molar-refractivity contribution < 1.29 is 9.31 Å². The van der Waals surface area contributed by atoms with Crippen molar-refractivity contribution in [3.63, 3.8) is 0 Å². The molecule has 0 aromatic rings. The van der Waals surface area contributed by atoms with Crippen molar-refractivity contribution in [3.8, 4) is 0 Å². The first-order chi connectivity index (χ1) is 9.24. The topological polar surface area (TPSA) is 44.5 Å². The number of fused-ring (bicyclic) bond motifs is 1. The lowest BCUT2D eigenvalue weighted by molar-refractivity contribution is -0.00287. The fourth-order valence-electron chi connectivity index (χ4n) is 3.51. The van der Waals surface area contributed by atoms with Crippen LogP contribution in [0.2, 0.25) is 0 Å². The van der Waals surface area contributed by atoms with Gasteiger partial charge in [0.25, 0.3) is 0 Å². The van der Waals surface area contributed by atoms with Crippen molar-refractivity contribution in [1.29, 1.82) is 0 Å². The first-order valence-corrected chi connectivity index (χ1v) is 8.52. The highest BCUT2D eigenvalue weighted by Gasteiger charge is 2.56. The fraction of sp³-hybridized carbons (Fsp3) is 1.00. The Morgan fingerprint density at radius 2 is 1.95 bits per heavy atom. The van der Waals surface area contributed by atoms with Gasteiger partial charge in [-0.1, -0.05) is 27.7 Å². The van der Waals surface area contributed by atoms with E-state index >= 15 is 0 Å². The van der Waals surface area contributed by atoms with Gasteiger partial charge in [0.2, 0.25) is 0 Å². The zero-order valence-corrected chi connectivity index (χ0v) is 14.4. The zero-order chi connectivity index (χ0) is 15.1. The van der Waals surface area contributed by atoms with E-state index in [1.54, 1.807) is 0 Å². The molecule has 0 aromatic carbocycles. The van der Waals surface area contributed by atoms with Crippen molar-refractivity contribution in [2.45, 2.75) is 76.8 Å². The van der Waals surface area contributed by atoms with Gasteiger partial charge >= 0.3 is 7.12 Å². The minimum Gasteiger partial charge on any atom is -0.404 e. The summed E-state index contributed by atoms with van der Waals surface area (Å²) in [6.07, 6.45) is 3.23. The van der Waals surface area contributed by atoms with Crippen molar-refractivity contribution in [2.24, 2.45) is 23.5 Å². The van der Waals surface area contributed by atoms with E-state index in [0.717, 1.165) is 19.3 Å². The lowest BCUT2D eigenvalue weighted by Crippen LogP contribution is -2.51. The summed E-state index contributed by atoms with van der Waals surface area (Å²) in [5.74, 6) is 1.85. The normalized spacial score (nSPS) is 39.5.